The lowest BCUT2D eigenvalue weighted by Gasteiger charge is -2.02. The Balaban J connectivity index is 1.81. The number of nitrogens with zero attached hydrogens (tertiary/aromatic N) is 3. The Morgan fingerprint density at radius 3 is 2.85 bits per heavy atom. The predicted octanol–water partition coefficient (Wildman–Crippen LogP) is 5.66. The Morgan fingerprint density at radius 2 is 2.04 bits per heavy atom. The molecular formula is C21H18BrN3OS. The maximum atomic E-state index is 10.6. The topological polar surface area (TPSA) is 49.9 Å². The van der Waals surface area contributed by atoms with Gasteiger partial charge in [0.25, 0.3) is 0 Å². The first-order valence-corrected chi connectivity index (χ1v) is 10.1. The monoisotopic (exact) mass is 439 g/mol. The molecule has 0 atom stereocenters. The zero-order chi connectivity index (χ0) is 19.1. The van der Waals surface area contributed by atoms with Gasteiger partial charge in [0, 0.05) is 28.9 Å². The number of hydrogen-bond donors (Lipinski definition) is 1. The second-order valence-corrected chi connectivity index (χ2v) is 8.41. The van der Waals surface area contributed by atoms with Crippen molar-refractivity contribution in [3.8, 4) is 5.88 Å². The molecular weight excluding hydrogens is 422 g/mol. The molecule has 0 aliphatic carbocycles. The van der Waals surface area contributed by atoms with Crippen LogP contribution in [0.15, 0.2) is 50.9 Å². The molecule has 136 valence electrons. The van der Waals surface area contributed by atoms with Crippen molar-refractivity contribution < 1.29 is 5.11 Å². The lowest BCUT2D eigenvalue weighted by molar-refractivity contribution is 0.427. The molecule has 4 rings (SSSR count). The summed E-state index contributed by atoms with van der Waals surface area (Å²) >= 11 is 4.97. The molecule has 0 unspecified atom stereocenters. The number of aryl methyl sites for hydroxylation is 1. The van der Waals surface area contributed by atoms with Gasteiger partial charge in [0.15, 0.2) is 4.80 Å². The van der Waals surface area contributed by atoms with E-state index in [-0.39, 0.29) is 5.88 Å². The smallest absolute Gasteiger partial charge is 0.210 e. The minimum atomic E-state index is 0.202. The van der Waals surface area contributed by atoms with Crippen molar-refractivity contribution in [2.24, 2.45) is 17.0 Å². The fraction of sp³-hybridized carbons (Fsp3) is 0.143. The van der Waals surface area contributed by atoms with Crippen LogP contribution in [0.25, 0.3) is 11.6 Å². The molecule has 0 amide bonds. The van der Waals surface area contributed by atoms with Gasteiger partial charge in [-0.05, 0) is 55.3 Å². The Hall–Kier alpha value is -2.44. The molecule has 2 aromatic carbocycles. The van der Waals surface area contributed by atoms with Crippen LogP contribution in [-0.4, -0.2) is 15.9 Å². The van der Waals surface area contributed by atoms with E-state index in [1.165, 1.54) is 16.9 Å². The molecule has 1 aliphatic heterocycles. The van der Waals surface area contributed by atoms with Crippen molar-refractivity contribution in [1.29, 1.82) is 0 Å². The molecule has 1 aliphatic rings. The van der Waals surface area contributed by atoms with E-state index in [1.54, 1.807) is 4.57 Å². The highest BCUT2D eigenvalue weighted by Crippen LogP contribution is 2.36. The maximum absolute atomic E-state index is 10.6. The molecule has 3 aromatic rings. The summed E-state index contributed by atoms with van der Waals surface area (Å²) in [5.74, 6) is 0.202. The summed E-state index contributed by atoms with van der Waals surface area (Å²) < 4.78 is 2.72. The normalized spacial score (nSPS) is 15.0. The van der Waals surface area contributed by atoms with E-state index in [0.29, 0.717) is 0 Å². The van der Waals surface area contributed by atoms with Gasteiger partial charge in [-0.25, -0.2) is 4.99 Å². The molecule has 4 nitrogen and oxygen atoms in total. The lowest BCUT2D eigenvalue weighted by Crippen LogP contribution is -2.09. The predicted molar refractivity (Wildman–Crippen MR) is 116 cm³/mol. The summed E-state index contributed by atoms with van der Waals surface area (Å²) in [7, 11) is 1.82. The van der Waals surface area contributed by atoms with Crippen molar-refractivity contribution in [3.05, 3.63) is 67.2 Å². The highest BCUT2D eigenvalue weighted by molar-refractivity contribution is 9.10. The summed E-state index contributed by atoms with van der Waals surface area (Å²) in [6.45, 7) is 4.14. The van der Waals surface area contributed by atoms with E-state index in [9.17, 15) is 5.11 Å². The van der Waals surface area contributed by atoms with E-state index < -0.39 is 0 Å². The number of benzene rings is 2. The van der Waals surface area contributed by atoms with Crippen LogP contribution in [0.4, 0.5) is 11.4 Å². The maximum Gasteiger partial charge on any atom is 0.210 e. The highest BCUT2D eigenvalue weighted by Gasteiger charge is 2.15. The second kappa shape index (κ2) is 6.94. The number of aromatic hydroxyl groups is 1. The molecule has 1 aromatic heterocycles. The lowest BCUT2D eigenvalue weighted by atomic mass is 10.1. The van der Waals surface area contributed by atoms with E-state index in [4.69, 9.17) is 4.99 Å². The largest absolute Gasteiger partial charge is 0.493 e. The van der Waals surface area contributed by atoms with Gasteiger partial charge < -0.3 is 5.11 Å². The summed E-state index contributed by atoms with van der Waals surface area (Å²) in [4.78, 5) is 10.7. The van der Waals surface area contributed by atoms with Crippen LogP contribution in [0.1, 0.15) is 21.6 Å². The number of aromatic nitrogens is 1. The fourth-order valence-corrected chi connectivity index (χ4v) is 4.28. The van der Waals surface area contributed by atoms with E-state index in [0.717, 1.165) is 42.2 Å². The second-order valence-electron chi connectivity index (χ2n) is 6.48. The number of hydrogen-bond acceptors (Lipinski definition) is 4. The van der Waals surface area contributed by atoms with Gasteiger partial charge in [-0.3, -0.25) is 9.56 Å². The Morgan fingerprint density at radius 1 is 1.22 bits per heavy atom. The van der Waals surface area contributed by atoms with Gasteiger partial charge in [-0.15, -0.1) is 0 Å². The standard InChI is InChI=1S/C21H18BrN3OS/c1-12-5-4-6-17(13(12)2)24-21-25(3)20(26)19(27-21)9-14-11-23-18-8-7-15(22)10-16(14)18/h4-11,26H,1-3H3/b14-9+,24-21?. The van der Waals surface area contributed by atoms with Crippen molar-refractivity contribution in [2.45, 2.75) is 13.8 Å². The number of thiazole rings is 1. The van der Waals surface area contributed by atoms with Crippen molar-refractivity contribution >= 4 is 56.5 Å². The average Bonchev–Trinajstić information content (AvgIpc) is 3.15. The summed E-state index contributed by atoms with van der Waals surface area (Å²) in [5.41, 5.74) is 6.22. The van der Waals surface area contributed by atoms with Gasteiger partial charge in [-0.2, -0.15) is 0 Å². The van der Waals surface area contributed by atoms with Crippen LogP contribution in [0.2, 0.25) is 0 Å². The molecule has 2 heterocycles. The molecule has 0 fully saturated rings. The van der Waals surface area contributed by atoms with Crippen molar-refractivity contribution in [1.82, 2.24) is 4.57 Å². The third-order valence-electron chi connectivity index (χ3n) is 4.72. The molecule has 0 saturated carbocycles. The quantitative estimate of drug-likeness (QED) is 0.549. The number of halogens is 1. The summed E-state index contributed by atoms with van der Waals surface area (Å²) in [6.07, 6.45) is 3.79. The summed E-state index contributed by atoms with van der Waals surface area (Å²) in [5, 5.41) is 10.6. The molecule has 0 saturated heterocycles. The number of aliphatic imine (C=N–C) groups is 1. The molecule has 0 spiro atoms. The van der Waals surface area contributed by atoms with Crippen molar-refractivity contribution in [2.75, 3.05) is 0 Å². The third-order valence-corrected chi connectivity index (χ3v) is 6.28. The molecule has 1 N–H and O–H groups in total. The van der Waals surface area contributed by atoms with Crippen LogP contribution in [0, 0.1) is 13.8 Å². The number of fused-ring (bicyclic) bond motifs is 1. The van der Waals surface area contributed by atoms with Crippen LogP contribution >= 0.6 is 27.3 Å². The minimum absolute atomic E-state index is 0.202. The van der Waals surface area contributed by atoms with E-state index in [2.05, 4.69) is 40.8 Å². The van der Waals surface area contributed by atoms with Gasteiger partial charge in [0.1, 0.15) is 0 Å². The van der Waals surface area contributed by atoms with E-state index >= 15 is 0 Å². The minimum Gasteiger partial charge on any atom is -0.493 e. The first-order valence-electron chi connectivity index (χ1n) is 8.49. The Kier molecular flexibility index (Phi) is 4.61. The van der Waals surface area contributed by atoms with E-state index in [1.807, 2.05) is 49.7 Å². The van der Waals surface area contributed by atoms with Gasteiger partial charge in [0.05, 0.1) is 16.3 Å². The zero-order valence-corrected chi connectivity index (χ0v) is 17.6. The Bertz CT molecular complexity index is 1180. The highest BCUT2D eigenvalue weighted by atomic mass is 79.9. The summed E-state index contributed by atoms with van der Waals surface area (Å²) in [6, 6.07) is 12.1. The number of allylic oxidation sites excluding steroid dienone is 1. The molecule has 27 heavy (non-hydrogen) atoms. The Labute approximate surface area is 170 Å². The van der Waals surface area contributed by atoms with Gasteiger partial charge in [-0.1, -0.05) is 39.4 Å². The van der Waals surface area contributed by atoms with Crippen LogP contribution in [0.5, 0.6) is 5.88 Å². The first-order chi connectivity index (χ1) is 12.9. The zero-order valence-electron chi connectivity index (χ0n) is 15.2. The first kappa shape index (κ1) is 17.9. The van der Waals surface area contributed by atoms with Crippen LogP contribution in [0.3, 0.4) is 0 Å². The molecule has 0 radical (unpaired) electrons. The number of rotatable bonds is 2. The van der Waals surface area contributed by atoms with Gasteiger partial charge >= 0.3 is 0 Å². The third kappa shape index (κ3) is 3.31. The van der Waals surface area contributed by atoms with Crippen LogP contribution in [-0.2, 0) is 7.05 Å². The van der Waals surface area contributed by atoms with Crippen LogP contribution < -0.4 is 4.80 Å². The fourth-order valence-electron chi connectivity index (χ4n) is 2.94. The van der Waals surface area contributed by atoms with Crippen molar-refractivity contribution in [3.63, 3.8) is 0 Å². The van der Waals surface area contributed by atoms with Gasteiger partial charge in [0.2, 0.25) is 5.88 Å². The molecule has 0 bridgehead atoms. The average molecular weight is 440 g/mol. The molecule has 6 heteroatoms. The SMILES string of the molecule is Cc1cccc(N=c2sc(/C=C3\C=Nc4ccc(Br)cc43)c(O)n2C)c1C.